The molecule has 8 heteroatoms. The number of rotatable bonds is 7. The highest BCUT2D eigenvalue weighted by Gasteiger charge is 2.17. The number of benzene rings is 2. The summed E-state index contributed by atoms with van der Waals surface area (Å²) in [4.78, 5) is 25.2. The molecule has 166 valence electrons. The molecule has 0 aromatic heterocycles. The number of hydrogen-bond acceptors (Lipinski definition) is 4. The number of halogens is 1. The summed E-state index contributed by atoms with van der Waals surface area (Å²) in [6.45, 7) is 8.36. The van der Waals surface area contributed by atoms with Crippen molar-refractivity contribution in [2.24, 2.45) is 0 Å². The van der Waals surface area contributed by atoms with E-state index in [2.05, 4.69) is 38.8 Å². The molecule has 3 N–H and O–H groups in total. The lowest BCUT2D eigenvalue weighted by Crippen LogP contribution is -2.40. The average molecular weight is 506 g/mol. The molecule has 0 atom stereocenters. The maximum absolute atomic E-state index is 12.8. The Bertz CT molecular complexity index is 957. The number of carbonyl (C=O) groups is 2. The van der Waals surface area contributed by atoms with Gasteiger partial charge in [0.2, 0.25) is 0 Å². The van der Waals surface area contributed by atoms with Gasteiger partial charge < -0.3 is 15.4 Å². The monoisotopic (exact) mass is 505 g/mol. The molecule has 2 aromatic carbocycles. The molecule has 0 spiro atoms. The zero-order valence-electron chi connectivity index (χ0n) is 18.2. The Kier molecular flexibility index (Phi) is 9.00. The molecule has 0 bridgehead atoms. The van der Waals surface area contributed by atoms with Gasteiger partial charge in [-0.15, -0.1) is 0 Å². The topological polar surface area (TPSA) is 79.5 Å². The number of amides is 2. The number of carbonyl (C=O) groups excluding carboxylic acids is 2. The van der Waals surface area contributed by atoms with Crippen LogP contribution in [0.4, 0.5) is 5.69 Å². The first-order valence-corrected chi connectivity index (χ1v) is 11.3. The number of nitrogens with one attached hydrogen (secondary N) is 3. The lowest BCUT2D eigenvalue weighted by Gasteiger charge is -2.20. The Morgan fingerprint density at radius 1 is 1.10 bits per heavy atom. The fraction of sp³-hybridized carbons (Fsp3) is 0.348. The number of thiocarbonyl (C=S) groups is 1. The summed E-state index contributed by atoms with van der Waals surface area (Å²) in [5, 5.41) is 8.66. The van der Waals surface area contributed by atoms with E-state index in [1.165, 1.54) is 0 Å². The van der Waals surface area contributed by atoms with Gasteiger partial charge in [0.05, 0.1) is 12.2 Å². The number of anilines is 1. The Labute approximate surface area is 197 Å². The Hall–Kier alpha value is -2.45. The lowest BCUT2D eigenvalue weighted by atomic mass is 10.1. The zero-order chi connectivity index (χ0) is 23.0. The summed E-state index contributed by atoms with van der Waals surface area (Å²) in [5.74, 6) is -0.0705. The van der Waals surface area contributed by atoms with E-state index in [-0.39, 0.29) is 22.5 Å². The highest BCUT2D eigenvalue weighted by Crippen LogP contribution is 2.23. The fourth-order valence-corrected chi connectivity index (χ4v) is 3.19. The van der Waals surface area contributed by atoms with Gasteiger partial charge in [0.1, 0.15) is 5.75 Å². The lowest BCUT2D eigenvalue weighted by molar-refractivity contribution is 0.0918. The molecule has 0 aliphatic heterocycles. The largest absolute Gasteiger partial charge is 0.493 e. The normalized spacial score (nSPS) is 10.9. The summed E-state index contributed by atoms with van der Waals surface area (Å²) in [7, 11) is 0. The summed E-state index contributed by atoms with van der Waals surface area (Å²) >= 11 is 8.68. The van der Waals surface area contributed by atoms with Crippen molar-refractivity contribution in [1.82, 2.24) is 10.6 Å². The van der Waals surface area contributed by atoms with Crippen molar-refractivity contribution in [3.05, 3.63) is 58.1 Å². The Morgan fingerprint density at radius 3 is 2.52 bits per heavy atom. The van der Waals surface area contributed by atoms with Gasteiger partial charge >= 0.3 is 0 Å². The van der Waals surface area contributed by atoms with E-state index in [0.29, 0.717) is 29.2 Å². The van der Waals surface area contributed by atoms with Crippen LogP contribution in [0, 0.1) is 0 Å². The third-order valence-corrected chi connectivity index (χ3v) is 4.74. The second-order valence-corrected chi connectivity index (χ2v) is 9.36. The Morgan fingerprint density at radius 2 is 1.84 bits per heavy atom. The van der Waals surface area contributed by atoms with Crippen LogP contribution in [0.15, 0.2) is 46.9 Å². The number of ether oxygens (including phenoxy) is 1. The molecule has 6 nitrogen and oxygen atoms in total. The van der Waals surface area contributed by atoms with Gasteiger partial charge in [0.15, 0.2) is 5.11 Å². The highest BCUT2D eigenvalue weighted by molar-refractivity contribution is 9.10. The maximum atomic E-state index is 12.8. The van der Waals surface area contributed by atoms with Crippen LogP contribution >= 0.6 is 28.1 Å². The molecule has 2 rings (SSSR count). The molecule has 2 aromatic rings. The third-order valence-electron chi connectivity index (χ3n) is 4.04. The minimum atomic E-state index is -0.382. The van der Waals surface area contributed by atoms with Crippen LogP contribution in [0.1, 0.15) is 61.3 Å². The van der Waals surface area contributed by atoms with Crippen LogP contribution in [-0.4, -0.2) is 29.1 Å². The quantitative estimate of drug-likeness (QED) is 0.352. The van der Waals surface area contributed by atoms with Crippen molar-refractivity contribution in [2.45, 2.75) is 46.1 Å². The van der Waals surface area contributed by atoms with Crippen LogP contribution in [0.25, 0.3) is 0 Å². The standard InChI is InChI=1S/C23H28BrN3O3S/c1-5-6-12-30-19-11-10-16(24)14-18(19)21(29)26-22(31)25-17-9-7-8-15(13-17)20(28)27-23(2,3)4/h7-11,13-14H,5-6,12H2,1-4H3,(H,27,28)(H2,25,26,29,31). The van der Waals surface area contributed by atoms with Crippen LogP contribution in [0.2, 0.25) is 0 Å². The summed E-state index contributed by atoms with van der Waals surface area (Å²) in [5.41, 5.74) is 1.13. The van der Waals surface area contributed by atoms with E-state index >= 15 is 0 Å². The Balaban J connectivity index is 2.06. The molecule has 31 heavy (non-hydrogen) atoms. The summed E-state index contributed by atoms with van der Waals surface area (Å²) in [6, 6.07) is 12.2. The molecule has 0 saturated heterocycles. The van der Waals surface area contributed by atoms with Crippen molar-refractivity contribution < 1.29 is 14.3 Å². The van der Waals surface area contributed by atoms with Gasteiger partial charge in [-0.25, -0.2) is 0 Å². The number of hydrogen-bond donors (Lipinski definition) is 3. The van der Waals surface area contributed by atoms with E-state index in [4.69, 9.17) is 17.0 Å². The van der Waals surface area contributed by atoms with Crippen molar-refractivity contribution in [2.75, 3.05) is 11.9 Å². The van der Waals surface area contributed by atoms with E-state index in [1.54, 1.807) is 36.4 Å². The van der Waals surface area contributed by atoms with Crippen molar-refractivity contribution in [3.8, 4) is 5.75 Å². The van der Waals surface area contributed by atoms with Crippen LogP contribution < -0.4 is 20.7 Å². The molecule has 0 saturated carbocycles. The molecule has 0 unspecified atom stereocenters. The number of unbranched alkanes of at least 4 members (excludes halogenated alkanes) is 1. The first-order valence-electron chi connectivity index (χ1n) is 10.1. The zero-order valence-corrected chi connectivity index (χ0v) is 20.6. The first-order chi connectivity index (χ1) is 14.6. The van der Waals surface area contributed by atoms with Crippen LogP contribution in [0.3, 0.4) is 0 Å². The second kappa shape index (κ2) is 11.2. The molecule has 0 fully saturated rings. The van der Waals surface area contributed by atoms with Crippen LogP contribution in [-0.2, 0) is 0 Å². The minimum absolute atomic E-state index is 0.123. The molecular weight excluding hydrogens is 478 g/mol. The molecular formula is C23H28BrN3O3S. The predicted octanol–water partition coefficient (Wildman–Crippen LogP) is 5.28. The van der Waals surface area contributed by atoms with Gasteiger partial charge in [-0.2, -0.15) is 0 Å². The molecule has 0 aliphatic carbocycles. The smallest absolute Gasteiger partial charge is 0.261 e. The van der Waals surface area contributed by atoms with Gasteiger partial charge in [-0.3, -0.25) is 14.9 Å². The molecule has 0 aliphatic rings. The predicted molar refractivity (Wildman–Crippen MR) is 132 cm³/mol. The van der Waals surface area contributed by atoms with Crippen molar-refractivity contribution in [3.63, 3.8) is 0 Å². The van der Waals surface area contributed by atoms with Crippen LogP contribution in [0.5, 0.6) is 5.75 Å². The van der Waals surface area contributed by atoms with Crippen molar-refractivity contribution >= 4 is 50.8 Å². The van der Waals surface area contributed by atoms with E-state index in [0.717, 1.165) is 17.3 Å². The third kappa shape index (κ3) is 8.30. The van der Waals surface area contributed by atoms with Gasteiger partial charge in [-0.05, 0) is 75.8 Å². The SMILES string of the molecule is CCCCOc1ccc(Br)cc1C(=O)NC(=S)Nc1cccc(C(=O)NC(C)(C)C)c1. The van der Waals surface area contributed by atoms with Gasteiger partial charge in [-0.1, -0.05) is 35.3 Å². The molecule has 0 heterocycles. The second-order valence-electron chi connectivity index (χ2n) is 8.04. The fourth-order valence-electron chi connectivity index (χ4n) is 2.62. The van der Waals surface area contributed by atoms with E-state index in [1.807, 2.05) is 26.8 Å². The maximum Gasteiger partial charge on any atom is 0.261 e. The first kappa shape index (κ1) is 24.8. The summed E-state index contributed by atoms with van der Waals surface area (Å²) < 4.78 is 6.51. The van der Waals surface area contributed by atoms with E-state index < -0.39 is 0 Å². The van der Waals surface area contributed by atoms with Gasteiger partial charge in [0.25, 0.3) is 11.8 Å². The molecule has 2 amide bonds. The van der Waals surface area contributed by atoms with Crippen molar-refractivity contribution in [1.29, 1.82) is 0 Å². The molecule has 0 radical (unpaired) electrons. The average Bonchev–Trinajstić information content (AvgIpc) is 2.68. The van der Waals surface area contributed by atoms with Gasteiger partial charge in [0, 0.05) is 21.3 Å². The highest BCUT2D eigenvalue weighted by atomic mass is 79.9. The van der Waals surface area contributed by atoms with E-state index in [9.17, 15) is 9.59 Å². The minimum Gasteiger partial charge on any atom is -0.493 e. The summed E-state index contributed by atoms with van der Waals surface area (Å²) in [6.07, 6.45) is 1.90.